The smallest absolute Gasteiger partial charge is 0.314 e. The maximum atomic E-state index is 11.4. The summed E-state index contributed by atoms with van der Waals surface area (Å²) in [7, 11) is 1.58. The van der Waals surface area contributed by atoms with Gasteiger partial charge in [-0.3, -0.25) is 0 Å². The fourth-order valence-electron chi connectivity index (χ4n) is 1.66. The van der Waals surface area contributed by atoms with Gasteiger partial charge in [0.25, 0.3) is 0 Å². The number of methoxy groups -OCH3 is 1. The molecule has 7 heteroatoms. The highest BCUT2D eigenvalue weighted by Gasteiger charge is 2.08. The molecule has 0 saturated heterocycles. The van der Waals surface area contributed by atoms with Crippen LogP contribution in [0.3, 0.4) is 0 Å². The van der Waals surface area contributed by atoms with Crippen molar-refractivity contribution in [1.82, 2.24) is 20.8 Å². The first-order valence-electron chi connectivity index (χ1n) is 6.68. The van der Waals surface area contributed by atoms with E-state index >= 15 is 0 Å². The summed E-state index contributed by atoms with van der Waals surface area (Å²) in [5, 5.41) is 13.3. The molecule has 2 N–H and O–H groups in total. The molecule has 2 aromatic rings. The van der Waals surface area contributed by atoms with Crippen LogP contribution in [0.5, 0.6) is 0 Å². The van der Waals surface area contributed by atoms with Crippen molar-refractivity contribution in [1.29, 1.82) is 0 Å². The molecule has 0 fully saturated rings. The second-order valence-corrected chi connectivity index (χ2v) is 4.29. The van der Waals surface area contributed by atoms with Gasteiger partial charge in [0.2, 0.25) is 11.8 Å². The van der Waals surface area contributed by atoms with Crippen LogP contribution in [-0.2, 0) is 11.2 Å². The fraction of sp³-hybridized carbons (Fsp3) is 0.357. The average Bonchev–Trinajstić information content (AvgIpc) is 2.97. The summed E-state index contributed by atoms with van der Waals surface area (Å²) in [6.45, 7) is 1.38. The Bertz CT molecular complexity index is 556. The van der Waals surface area contributed by atoms with E-state index in [1.807, 2.05) is 30.3 Å². The number of rotatable bonds is 7. The van der Waals surface area contributed by atoms with Gasteiger partial charge < -0.3 is 19.8 Å². The molecule has 0 aliphatic carbocycles. The molecule has 7 nitrogen and oxygen atoms in total. The zero-order valence-electron chi connectivity index (χ0n) is 11.8. The predicted octanol–water partition coefficient (Wildman–Crippen LogP) is 1.22. The molecule has 0 bridgehead atoms. The highest BCUT2D eigenvalue weighted by Crippen LogP contribution is 2.16. The van der Waals surface area contributed by atoms with Crippen LogP contribution >= 0.6 is 0 Å². The van der Waals surface area contributed by atoms with Gasteiger partial charge >= 0.3 is 6.03 Å². The number of carbonyl (C=O) groups excluding carboxylic acids is 1. The van der Waals surface area contributed by atoms with Gasteiger partial charge in [-0.05, 0) is 12.1 Å². The van der Waals surface area contributed by atoms with E-state index in [-0.39, 0.29) is 6.03 Å². The molecule has 0 atom stereocenters. The lowest BCUT2D eigenvalue weighted by atomic mass is 10.2. The van der Waals surface area contributed by atoms with E-state index in [0.717, 1.165) is 5.56 Å². The number of nitrogens with zero attached hydrogens (tertiary/aromatic N) is 2. The molecule has 0 spiro atoms. The minimum atomic E-state index is -0.241. The maximum Gasteiger partial charge on any atom is 0.314 e. The number of aromatic nitrogens is 2. The number of hydrogen-bond donors (Lipinski definition) is 2. The lowest BCUT2D eigenvalue weighted by Gasteiger charge is -2.05. The molecule has 21 heavy (non-hydrogen) atoms. The topological polar surface area (TPSA) is 89.3 Å². The van der Waals surface area contributed by atoms with E-state index in [2.05, 4.69) is 20.8 Å². The van der Waals surface area contributed by atoms with Crippen LogP contribution in [0.25, 0.3) is 11.5 Å². The van der Waals surface area contributed by atoms with Crippen LogP contribution in [0.15, 0.2) is 34.7 Å². The van der Waals surface area contributed by atoms with Gasteiger partial charge in [0.05, 0.1) is 6.61 Å². The second-order valence-electron chi connectivity index (χ2n) is 4.29. The molecule has 112 valence electrons. The number of nitrogens with one attached hydrogen (secondary N) is 2. The Balaban J connectivity index is 1.75. The lowest BCUT2D eigenvalue weighted by molar-refractivity contribution is 0.196. The predicted molar refractivity (Wildman–Crippen MR) is 76.7 cm³/mol. The minimum Gasteiger partial charge on any atom is -0.421 e. The zero-order valence-corrected chi connectivity index (χ0v) is 11.8. The number of benzene rings is 1. The van der Waals surface area contributed by atoms with Gasteiger partial charge in [-0.2, -0.15) is 0 Å². The molecule has 0 aliphatic rings. The molecule has 1 aromatic carbocycles. The van der Waals surface area contributed by atoms with Gasteiger partial charge in [-0.25, -0.2) is 4.79 Å². The van der Waals surface area contributed by atoms with Crippen molar-refractivity contribution in [2.75, 3.05) is 26.8 Å². The van der Waals surface area contributed by atoms with Crippen molar-refractivity contribution >= 4 is 6.03 Å². The van der Waals surface area contributed by atoms with Crippen LogP contribution in [0.4, 0.5) is 4.79 Å². The lowest BCUT2D eigenvalue weighted by Crippen LogP contribution is -2.38. The first-order chi connectivity index (χ1) is 10.3. The Hall–Kier alpha value is -2.41. The maximum absolute atomic E-state index is 11.4. The van der Waals surface area contributed by atoms with Gasteiger partial charge in [0.15, 0.2) is 0 Å². The summed E-state index contributed by atoms with van der Waals surface area (Å²) in [5.41, 5.74) is 0.876. The van der Waals surface area contributed by atoms with E-state index in [0.29, 0.717) is 37.9 Å². The monoisotopic (exact) mass is 290 g/mol. The summed E-state index contributed by atoms with van der Waals surface area (Å²) in [5.74, 6) is 0.973. The summed E-state index contributed by atoms with van der Waals surface area (Å²) in [4.78, 5) is 11.4. The zero-order chi connectivity index (χ0) is 14.9. The highest BCUT2D eigenvalue weighted by atomic mass is 16.5. The van der Waals surface area contributed by atoms with Gasteiger partial charge in [-0.1, -0.05) is 18.2 Å². The molecule has 1 aromatic heterocycles. The van der Waals surface area contributed by atoms with Gasteiger partial charge in [0, 0.05) is 32.2 Å². The molecule has 1 heterocycles. The van der Waals surface area contributed by atoms with Gasteiger partial charge in [0.1, 0.15) is 0 Å². The quantitative estimate of drug-likeness (QED) is 0.748. The standard InChI is InChI=1S/C14H18N4O3/c1-20-10-9-16-14(19)15-8-7-12-17-18-13(21-12)11-5-3-2-4-6-11/h2-6H,7-10H2,1H3,(H2,15,16,19). The van der Waals surface area contributed by atoms with Crippen LogP contribution in [-0.4, -0.2) is 43.0 Å². The Morgan fingerprint density at radius 2 is 1.95 bits per heavy atom. The third kappa shape index (κ3) is 4.88. The Kier molecular flexibility index (Phi) is 5.71. The van der Waals surface area contributed by atoms with Crippen LogP contribution in [0.1, 0.15) is 5.89 Å². The number of amides is 2. The van der Waals surface area contributed by atoms with Crippen LogP contribution in [0, 0.1) is 0 Å². The SMILES string of the molecule is COCCNC(=O)NCCc1nnc(-c2ccccc2)o1. The molecule has 0 saturated carbocycles. The van der Waals surface area contributed by atoms with Crippen LogP contribution in [0.2, 0.25) is 0 Å². The van der Waals surface area contributed by atoms with Crippen molar-refractivity contribution in [2.45, 2.75) is 6.42 Å². The number of urea groups is 1. The molecule has 2 rings (SSSR count). The Morgan fingerprint density at radius 1 is 1.19 bits per heavy atom. The van der Waals surface area contributed by atoms with E-state index in [1.165, 1.54) is 0 Å². The Morgan fingerprint density at radius 3 is 2.71 bits per heavy atom. The van der Waals surface area contributed by atoms with Crippen molar-refractivity contribution < 1.29 is 13.9 Å². The third-order valence-electron chi connectivity index (χ3n) is 2.70. The molecule has 2 amide bonds. The first-order valence-corrected chi connectivity index (χ1v) is 6.68. The van der Waals surface area contributed by atoms with E-state index < -0.39 is 0 Å². The second kappa shape index (κ2) is 8.01. The van der Waals surface area contributed by atoms with Gasteiger partial charge in [-0.15, -0.1) is 10.2 Å². The molecule has 0 unspecified atom stereocenters. The summed E-state index contributed by atoms with van der Waals surface area (Å²) in [6, 6.07) is 9.30. The summed E-state index contributed by atoms with van der Waals surface area (Å²) in [6.07, 6.45) is 0.484. The van der Waals surface area contributed by atoms with Crippen LogP contribution < -0.4 is 10.6 Å². The van der Waals surface area contributed by atoms with Crippen molar-refractivity contribution in [3.05, 3.63) is 36.2 Å². The first kappa shape index (κ1) is 15.0. The number of ether oxygens (including phenoxy) is 1. The number of carbonyl (C=O) groups is 1. The summed E-state index contributed by atoms with van der Waals surface area (Å²) < 4.78 is 10.4. The molecule has 0 radical (unpaired) electrons. The number of hydrogen-bond acceptors (Lipinski definition) is 5. The molecular formula is C14H18N4O3. The Labute approximate surface area is 122 Å². The highest BCUT2D eigenvalue weighted by molar-refractivity contribution is 5.73. The fourth-order valence-corrected chi connectivity index (χ4v) is 1.66. The third-order valence-corrected chi connectivity index (χ3v) is 2.70. The molecular weight excluding hydrogens is 272 g/mol. The average molecular weight is 290 g/mol. The van der Waals surface area contributed by atoms with E-state index in [9.17, 15) is 4.79 Å². The summed E-state index contributed by atoms with van der Waals surface area (Å²) >= 11 is 0. The van der Waals surface area contributed by atoms with E-state index in [4.69, 9.17) is 9.15 Å². The van der Waals surface area contributed by atoms with Crippen molar-refractivity contribution in [3.63, 3.8) is 0 Å². The largest absolute Gasteiger partial charge is 0.421 e. The molecule has 0 aliphatic heterocycles. The van der Waals surface area contributed by atoms with Crippen molar-refractivity contribution in [2.24, 2.45) is 0 Å². The van der Waals surface area contributed by atoms with Crippen molar-refractivity contribution in [3.8, 4) is 11.5 Å². The van der Waals surface area contributed by atoms with E-state index in [1.54, 1.807) is 7.11 Å². The normalized spacial score (nSPS) is 10.3. The minimum absolute atomic E-state index is 0.241.